The van der Waals surface area contributed by atoms with Crippen molar-refractivity contribution in [3.05, 3.63) is 28.7 Å². The van der Waals surface area contributed by atoms with E-state index in [0.717, 1.165) is 36.5 Å². The normalized spacial score (nSPS) is 12.6. The van der Waals surface area contributed by atoms with Gasteiger partial charge in [-0.25, -0.2) is 0 Å². The van der Waals surface area contributed by atoms with E-state index in [-0.39, 0.29) is 6.61 Å². The fourth-order valence-electron chi connectivity index (χ4n) is 1.68. The molecule has 1 aromatic carbocycles. The molecule has 1 unspecified atom stereocenters. The van der Waals surface area contributed by atoms with E-state index in [9.17, 15) is 5.11 Å². The Balaban J connectivity index is 2.06. The van der Waals surface area contributed by atoms with E-state index in [1.807, 2.05) is 31.3 Å². The number of hydrogen-bond acceptors (Lipinski definition) is 5. The minimum Gasteiger partial charge on any atom is -0.491 e. The number of likely N-dealkylation sites (N-methyl/N-ethyl adjacent to an activating group) is 1. The van der Waals surface area contributed by atoms with E-state index in [4.69, 9.17) is 9.47 Å². The number of aliphatic hydroxyl groups excluding tert-OH is 1. The highest BCUT2D eigenvalue weighted by molar-refractivity contribution is 9.10. The minimum absolute atomic E-state index is 0.286. The minimum atomic E-state index is -0.516. The molecular weight excluding hydrogens is 336 g/mol. The van der Waals surface area contributed by atoms with Gasteiger partial charge < -0.3 is 24.8 Å². The van der Waals surface area contributed by atoms with Crippen LogP contribution in [0.25, 0.3) is 0 Å². The Labute approximate surface area is 135 Å². The third-order valence-corrected chi connectivity index (χ3v) is 3.51. The lowest BCUT2D eigenvalue weighted by Crippen LogP contribution is -2.36. The molecule has 0 heterocycles. The number of halogens is 1. The second-order valence-electron chi connectivity index (χ2n) is 4.92. The summed E-state index contributed by atoms with van der Waals surface area (Å²) < 4.78 is 11.5. The summed E-state index contributed by atoms with van der Waals surface area (Å²) >= 11 is 3.37. The van der Waals surface area contributed by atoms with Gasteiger partial charge in [0.25, 0.3) is 0 Å². The van der Waals surface area contributed by atoms with Gasteiger partial charge in [0.05, 0.1) is 6.61 Å². The summed E-state index contributed by atoms with van der Waals surface area (Å²) in [4.78, 5) is 2.18. The van der Waals surface area contributed by atoms with Crippen LogP contribution in [0, 0.1) is 0 Å². The molecule has 0 saturated carbocycles. The molecular formula is C15H25BrN2O3. The molecule has 0 radical (unpaired) electrons. The van der Waals surface area contributed by atoms with E-state index in [0.29, 0.717) is 6.54 Å². The van der Waals surface area contributed by atoms with Gasteiger partial charge in [-0.2, -0.15) is 0 Å². The van der Waals surface area contributed by atoms with E-state index >= 15 is 0 Å². The molecule has 0 spiro atoms. The molecule has 6 heteroatoms. The molecule has 21 heavy (non-hydrogen) atoms. The van der Waals surface area contributed by atoms with Crippen molar-refractivity contribution in [1.29, 1.82) is 0 Å². The Bertz CT molecular complexity index is 376. The number of methoxy groups -OCH3 is 1. The molecule has 1 aromatic rings. The van der Waals surface area contributed by atoms with Crippen LogP contribution in [-0.2, 0) is 4.74 Å². The number of hydrogen-bond donors (Lipinski definition) is 2. The summed E-state index contributed by atoms with van der Waals surface area (Å²) in [7, 11) is 3.75. The summed E-state index contributed by atoms with van der Waals surface area (Å²) in [5.74, 6) is 0.761. The fourth-order valence-corrected chi connectivity index (χ4v) is 1.94. The maximum absolute atomic E-state index is 9.84. The lowest BCUT2D eigenvalue weighted by atomic mass is 10.3. The van der Waals surface area contributed by atoms with Crippen LogP contribution in [0.3, 0.4) is 0 Å². The van der Waals surface area contributed by atoms with Crippen LogP contribution in [0.5, 0.6) is 5.75 Å². The first-order chi connectivity index (χ1) is 10.1. The highest BCUT2D eigenvalue weighted by Crippen LogP contribution is 2.16. The van der Waals surface area contributed by atoms with Crippen molar-refractivity contribution >= 4 is 15.9 Å². The molecule has 0 saturated heterocycles. The van der Waals surface area contributed by atoms with E-state index in [1.54, 1.807) is 7.11 Å². The average molecular weight is 361 g/mol. The van der Waals surface area contributed by atoms with Gasteiger partial charge in [-0.15, -0.1) is 0 Å². The zero-order valence-electron chi connectivity index (χ0n) is 12.7. The van der Waals surface area contributed by atoms with Crippen LogP contribution >= 0.6 is 15.9 Å². The molecule has 0 aromatic heterocycles. The van der Waals surface area contributed by atoms with Crippen LogP contribution < -0.4 is 10.1 Å². The second kappa shape index (κ2) is 11.0. The van der Waals surface area contributed by atoms with Crippen molar-refractivity contribution in [2.24, 2.45) is 0 Å². The quantitative estimate of drug-likeness (QED) is 0.583. The molecule has 0 aliphatic heterocycles. The number of ether oxygens (including phenoxy) is 2. The van der Waals surface area contributed by atoms with E-state index < -0.39 is 6.10 Å². The maximum atomic E-state index is 9.84. The standard InChI is InChI=1S/C15H25BrN2O3/c1-18(9-10-20-2)8-7-17-11-14(19)12-21-15-5-3-13(16)4-6-15/h3-6,14,17,19H,7-12H2,1-2H3. The molecule has 0 aliphatic rings. The Kier molecular flexibility index (Phi) is 9.62. The second-order valence-corrected chi connectivity index (χ2v) is 5.83. The lowest BCUT2D eigenvalue weighted by Gasteiger charge is -2.17. The SMILES string of the molecule is COCCN(C)CCNCC(O)COc1ccc(Br)cc1. The highest BCUT2D eigenvalue weighted by Gasteiger charge is 2.05. The largest absolute Gasteiger partial charge is 0.491 e. The van der Waals surface area contributed by atoms with Crippen molar-refractivity contribution in [1.82, 2.24) is 10.2 Å². The van der Waals surface area contributed by atoms with Gasteiger partial charge in [-0.1, -0.05) is 15.9 Å². The van der Waals surface area contributed by atoms with Crippen LogP contribution in [0.4, 0.5) is 0 Å². The monoisotopic (exact) mass is 360 g/mol. The van der Waals surface area contributed by atoms with Gasteiger partial charge in [0, 0.05) is 37.8 Å². The van der Waals surface area contributed by atoms with Gasteiger partial charge in [0.1, 0.15) is 18.5 Å². The van der Waals surface area contributed by atoms with Gasteiger partial charge in [0.2, 0.25) is 0 Å². The Morgan fingerprint density at radius 3 is 2.67 bits per heavy atom. The van der Waals surface area contributed by atoms with Crippen LogP contribution in [0.15, 0.2) is 28.7 Å². The summed E-state index contributed by atoms with van der Waals surface area (Å²) in [5.41, 5.74) is 0. The topological polar surface area (TPSA) is 54.0 Å². The Morgan fingerprint density at radius 1 is 1.29 bits per heavy atom. The third kappa shape index (κ3) is 9.06. The summed E-state index contributed by atoms with van der Waals surface area (Å²) in [6.45, 7) is 4.20. The van der Waals surface area contributed by atoms with E-state index in [1.165, 1.54) is 0 Å². The number of benzene rings is 1. The van der Waals surface area contributed by atoms with Crippen molar-refractivity contribution in [3.8, 4) is 5.75 Å². The van der Waals surface area contributed by atoms with Crippen molar-refractivity contribution < 1.29 is 14.6 Å². The maximum Gasteiger partial charge on any atom is 0.119 e. The molecule has 1 rings (SSSR count). The predicted octanol–water partition coefficient (Wildman–Crippen LogP) is 1.36. The first-order valence-corrected chi connectivity index (χ1v) is 7.85. The van der Waals surface area contributed by atoms with E-state index in [2.05, 4.69) is 26.1 Å². The third-order valence-electron chi connectivity index (χ3n) is 2.98. The van der Waals surface area contributed by atoms with Gasteiger partial charge in [-0.3, -0.25) is 0 Å². The van der Waals surface area contributed by atoms with Gasteiger partial charge in [0.15, 0.2) is 0 Å². The summed E-state index contributed by atoms with van der Waals surface area (Å²) in [6.07, 6.45) is -0.516. The first-order valence-electron chi connectivity index (χ1n) is 7.06. The molecule has 0 fully saturated rings. The molecule has 5 nitrogen and oxygen atoms in total. The molecule has 2 N–H and O–H groups in total. The van der Waals surface area contributed by atoms with Gasteiger partial charge in [-0.05, 0) is 31.3 Å². The molecule has 120 valence electrons. The molecule has 0 amide bonds. The number of nitrogens with one attached hydrogen (secondary N) is 1. The van der Waals surface area contributed by atoms with Crippen molar-refractivity contribution in [2.45, 2.75) is 6.10 Å². The highest BCUT2D eigenvalue weighted by atomic mass is 79.9. The number of nitrogens with zero attached hydrogens (tertiary/aromatic N) is 1. The summed E-state index contributed by atoms with van der Waals surface area (Å²) in [5, 5.41) is 13.1. The molecule has 0 bridgehead atoms. The number of rotatable bonds is 11. The Hall–Kier alpha value is -0.660. The van der Waals surface area contributed by atoms with Crippen molar-refractivity contribution in [2.75, 3.05) is 53.6 Å². The zero-order chi connectivity index (χ0) is 15.5. The van der Waals surface area contributed by atoms with Crippen LogP contribution in [-0.4, -0.2) is 69.7 Å². The van der Waals surface area contributed by atoms with Crippen molar-refractivity contribution in [3.63, 3.8) is 0 Å². The van der Waals surface area contributed by atoms with Crippen LogP contribution in [0.2, 0.25) is 0 Å². The fraction of sp³-hybridized carbons (Fsp3) is 0.600. The molecule has 1 atom stereocenters. The molecule has 0 aliphatic carbocycles. The first kappa shape index (κ1) is 18.4. The van der Waals surface area contributed by atoms with Gasteiger partial charge >= 0.3 is 0 Å². The smallest absolute Gasteiger partial charge is 0.119 e. The Morgan fingerprint density at radius 2 is 2.00 bits per heavy atom. The predicted molar refractivity (Wildman–Crippen MR) is 87.9 cm³/mol. The van der Waals surface area contributed by atoms with Crippen LogP contribution in [0.1, 0.15) is 0 Å². The lowest BCUT2D eigenvalue weighted by molar-refractivity contribution is 0.105. The summed E-state index contributed by atoms with van der Waals surface area (Å²) in [6, 6.07) is 7.57. The average Bonchev–Trinajstić information content (AvgIpc) is 2.49. The number of aliphatic hydroxyl groups is 1. The zero-order valence-corrected chi connectivity index (χ0v) is 14.3.